The van der Waals surface area contributed by atoms with Crippen molar-refractivity contribution >= 4 is 17.3 Å². The fraction of sp³-hybridized carbons (Fsp3) is 0.308. The zero-order valence-corrected chi connectivity index (χ0v) is 19.6. The summed E-state index contributed by atoms with van der Waals surface area (Å²) in [5, 5.41) is 9.38. The molecule has 0 fully saturated rings. The molecule has 178 valence electrons. The van der Waals surface area contributed by atoms with Gasteiger partial charge < -0.3 is 5.11 Å². The normalized spacial score (nSPS) is 15.5. The number of amides is 1. The Morgan fingerprint density at radius 3 is 2.15 bits per heavy atom. The third-order valence-corrected chi connectivity index (χ3v) is 4.57. The molecule has 0 radical (unpaired) electrons. The number of aliphatic imine (C=N–C) groups is 1. The lowest BCUT2D eigenvalue weighted by atomic mass is 10.1. The van der Waals surface area contributed by atoms with Crippen molar-refractivity contribution in [1.29, 1.82) is 0 Å². The van der Waals surface area contributed by atoms with Crippen LogP contribution in [0, 0.1) is 0 Å². The van der Waals surface area contributed by atoms with Gasteiger partial charge in [-0.15, -0.1) is 0 Å². The molecule has 0 saturated carbocycles. The van der Waals surface area contributed by atoms with E-state index in [1.165, 1.54) is 12.1 Å². The summed E-state index contributed by atoms with van der Waals surface area (Å²) in [5.74, 6) is 0.166. The molecule has 1 N–H and O–H groups in total. The van der Waals surface area contributed by atoms with Crippen molar-refractivity contribution in [3.8, 4) is 0 Å². The van der Waals surface area contributed by atoms with Crippen molar-refractivity contribution in [2.24, 2.45) is 4.99 Å². The van der Waals surface area contributed by atoms with Crippen LogP contribution in [-0.4, -0.2) is 29.8 Å². The fourth-order valence-corrected chi connectivity index (χ4v) is 3.18. The number of nitrogens with zero attached hydrogens (tertiary/aromatic N) is 2. The van der Waals surface area contributed by atoms with E-state index in [2.05, 4.69) is 4.99 Å². The third kappa shape index (κ3) is 7.63. The highest BCUT2D eigenvalue weighted by atomic mass is 19.4. The van der Waals surface area contributed by atoms with E-state index < -0.39 is 11.7 Å². The lowest BCUT2D eigenvalue weighted by Gasteiger charge is -2.25. The molecule has 0 bridgehead atoms. The van der Waals surface area contributed by atoms with Crippen LogP contribution < -0.4 is 4.90 Å². The van der Waals surface area contributed by atoms with E-state index >= 15 is 0 Å². The predicted octanol–water partition coefficient (Wildman–Crippen LogP) is 6.98. The molecule has 0 aromatic heterocycles. The molecule has 0 spiro atoms. The average Bonchev–Trinajstić information content (AvgIpc) is 3.09. The Morgan fingerprint density at radius 1 is 1.09 bits per heavy atom. The van der Waals surface area contributed by atoms with E-state index in [0.29, 0.717) is 12.1 Å². The summed E-state index contributed by atoms with van der Waals surface area (Å²) in [7, 11) is 1.63. The number of hydrogen-bond acceptors (Lipinski definition) is 3. The van der Waals surface area contributed by atoms with Crippen LogP contribution in [0.4, 0.5) is 18.9 Å². The fourth-order valence-electron chi connectivity index (χ4n) is 3.18. The minimum atomic E-state index is -4.21. The molecule has 1 atom stereocenters. The van der Waals surface area contributed by atoms with Crippen molar-refractivity contribution in [2.75, 3.05) is 11.9 Å². The number of aliphatic hydroxyl groups excluding tert-OH is 1. The van der Waals surface area contributed by atoms with Crippen LogP contribution in [0.1, 0.15) is 45.2 Å². The maximum absolute atomic E-state index is 12.6. The zero-order chi connectivity index (χ0) is 25.0. The number of hydrogen-bond donors (Lipinski definition) is 1. The number of benzene rings is 2. The Hall–Kier alpha value is -3.35. The minimum Gasteiger partial charge on any atom is -0.513 e. The van der Waals surface area contributed by atoms with E-state index in [1.807, 2.05) is 57.2 Å². The highest BCUT2D eigenvalue weighted by Crippen LogP contribution is 2.32. The molecule has 2 aromatic carbocycles. The van der Waals surface area contributed by atoms with Gasteiger partial charge in [-0.1, -0.05) is 74.5 Å². The second-order valence-electron chi connectivity index (χ2n) is 6.80. The number of alkyl halides is 3. The first-order chi connectivity index (χ1) is 15.7. The summed E-state index contributed by atoms with van der Waals surface area (Å²) < 4.78 is 35.4. The molecule has 33 heavy (non-hydrogen) atoms. The number of anilines is 1. The Bertz CT molecular complexity index is 977. The van der Waals surface area contributed by atoms with Gasteiger partial charge in [-0.2, -0.15) is 13.2 Å². The molecule has 1 aliphatic rings. The number of carbonyl (C=O) groups is 1. The first kappa shape index (κ1) is 27.7. The minimum absolute atomic E-state index is 0.0919. The van der Waals surface area contributed by atoms with Crippen molar-refractivity contribution in [3.63, 3.8) is 0 Å². The van der Waals surface area contributed by atoms with E-state index in [4.69, 9.17) is 0 Å². The molecule has 1 heterocycles. The van der Waals surface area contributed by atoms with E-state index in [1.54, 1.807) is 31.0 Å². The number of carbonyl (C=O) groups excluding carboxylic acids is 1. The van der Waals surface area contributed by atoms with Crippen molar-refractivity contribution < 1.29 is 23.1 Å². The standard InChI is InChI=1S/C17H20N2O2.C7H5F3.C2H6/c1-4-7-13(11-10-12(2)20)19-15-9-6-5-8-14(15)16(18-3)17(19)21;8-7(9,10)6-4-2-1-3-5-6;1-2/h4-10,13,20H,11H2,1-3H3;1-5H;1-2H3/b7-4+,12-10+,18-16?;;. The SMILES string of the molecule is C/C=C/C(C/C=C(\C)O)N1C(=O)C(=NC)c2ccccc21.CC.FC(F)(F)c1ccccc1. The van der Waals surface area contributed by atoms with E-state index in [0.717, 1.165) is 23.4 Å². The summed E-state index contributed by atoms with van der Waals surface area (Å²) in [6.07, 6.45) is 1.96. The lowest BCUT2D eigenvalue weighted by molar-refractivity contribution is -0.137. The number of rotatable bonds is 4. The molecule has 1 amide bonds. The molecule has 3 rings (SSSR count). The second kappa shape index (κ2) is 13.3. The van der Waals surface area contributed by atoms with Crippen molar-refractivity contribution in [2.45, 2.75) is 46.3 Å². The number of para-hydroxylation sites is 1. The Morgan fingerprint density at radius 2 is 1.67 bits per heavy atom. The van der Waals surface area contributed by atoms with Gasteiger partial charge in [0.2, 0.25) is 0 Å². The highest BCUT2D eigenvalue weighted by molar-refractivity contribution is 6.54. The largest absolute Gasteiger partial charge is 0.513 e. The molecule has 2 aromatic rings. The van der Waals surface area contributed by atoms with Crippen LogP contribution >= 0.6 is 0 Å². The Balaban J connectivity index is 0.000000380. The van der Waals surface area contributed by atoms with Gasteiger partial charge in [0.1, 0.15) is 5.71 Å². The Kier molecular flexibility index (Phi) is 11.1. The van der Waals surface area contributed by atoms with E-state index in [-0.39, 0.29) is 17.7 Å². The topological polar surface area (TPSA) is 52.9 Å². The first-order valence-electron chi connectivity index (χ1n) is 10.7. The van der Waals surface area contributed by atoms with Gasteiger partial charge >= 0.3 is 6.18 Å². The van der Waals surface area contributed by atoms with Crippen LogP contribution in [0.15, 0.2) is 83.6 Å². The van der Waals surface area contributed by atoms with Crippen molar-refractivity contribution in [1.82, 2.24) is 0 Å². The van der Waals surface area contributed by atoms with Crippen LogP contribution in [0.25, 0.3) is 0 Å². The summed E-state index contributed by atoms with van der Waals surface area (Å²) in [6, 6.07) is 13.9. The monoisotopic (exact) mass is 460 g/mol. The van der Waals surface area contributed by atoms with Gasteiger partial charge in [0.05, 0.1) is 23.1 Å². The predicted molar refractivity (Wildman–Crippen MR) is 129 cm³/mol. The van der Waals surface area contributed by atoms with Crippen LogP contribution in [-0.2, 0) is 11.0 Å². The first-order valence-corrected chi connectivity index (χ1v) is 10.7. The average molecular weight is 461 g/mol. The maximum Gasteiger partial charge on any atom is 0.416 e. The smallest absolute Gasteiger partial charge is 0.416 e. The van der Waals surface area contributed by atoms with Gasteiger partial charge in [0.15, 0.2) is 0 Å². The third-order valence-electron chi connectivity index (χ3n) is 4.57. The number of aliphatic hydroxyl groups is 1. The van der Waals surface area contributed by atoms with Gasteiger partial charge in [0.25, 0.3) is 5.91 Å². The molecule has 7 heteroatoms. The summed E-state index contributed by atoms with van der Waals surface area (Å²) >= 11 is 0. The molecule has 0 aliphatic carbocycles. The highest BCUT2D eigenvalue weighted by Gasteiger charge is 2.36. The van der Waals surface area contributed by atoms with Crippen LogP contribution in [0.3, 0.4) is 0 Å². The van der Waals surface area contributed by atoms with Crippen LogP contribution in [0.5, 0.6) is 0 Å². The summed E-state index contributed by atoms with van der Waals surface area (Å²) in [4.78, 5) is 18.5. The van der Waals surface area contributed by atoms with Gasteiger partial charge in [-0.05, 0) is 32.4 Å². The lowest BCUT2D eigenvalue weighted by Crippen LogP contribution is -2.38. The second-order valence-corrected chi connectivity index (χ2v) is 6.80. The van der Waals surface area contributed by atoms with Gasteiger partial charge in [-0.25, -0.2) is 0 Å². The summed E-state index contributed by atoms with van der Waals surface area (Å²) in [5.41, 5.74) is 1.62. The molecular formula is C26H31F3N2O2. The summed E-state index contributed by atoms with van der Waals surface area (Å²) in [6.45, 7) is 7.55. The zero-order valence-electron chi connectivity index (χ0n) is 19.6. The quantitative estimate of drug-likeness (QED) is 0.395. The van der Waals surface area contributed by atoms with Crippen LogP contribution in [0.2, 0.25) is 0 Å². The number of allylic oxidation sites excluding steroid dienone is 2. The maximum atomic E-state index is 12.6. The van der Waals surface area contributed by atoms with E-state index in [9.17, 15) is 23.1 Å². The van der Waals surface area contributed by atoms with Gasteiger partial charge in [-0.3, -0.25) is 14.7 Å². The van der Waals surface area contributed by atoms with Crippen molar-refractivity contribution in [3.05, 3.63) is 89.7 Å². The van der Waals surface area contributed by atoms with Gasteiger partial charge in [0, 0.05) is 12.6 Å². The molecular weight excluding hydrogens is 429 g/mol. The molecule has 1 unspecified atom stereocenters. The number of fused-ring (bicyclic) bond motifs is 1. The molecule has 0 saturated heterocycles. The Labute approximate surface area is 193 Å². The molecule has 4 nitrogen and oxygen atoms in total. The number of halogens is 3. The molecule has 1 aliphatic heterocycles.